The second-order valence-corrected chi connectivity index (χ2v) is 11.7. The number of nitrogens with zero attached hydrogens (tertiary/aromatic N) is 4. The van der Waals surface area contributed by atoms with Crippen molar-refractivity contribution in [2.24, 2.45) is 0 Å². The van der Waals surface area contributed by atoms with Crippen LogP contribution in [-0.4, -0.2) is 52.4 Å². The van der Waals surface area contributed by atoms with Crippen molar-refractivity contribution in [2.45, 2.75) is 62.2 Å². The zero-order valence-electron chi connectivity index (χ0n) is 18.2. The third kappa shape index (κ3) is 5.26. The molecule has 1 aromatic heterocycles. The zero-order valence-corrected chi connectivity index (χ0v) is 19.9. The number of aromatic nitrogens is 3. The molecule has 1 saturated heterocycles. The number of anilines is 1. The van der Waals surface area contributed by atoms with Gasteiger partial charge in [-0.15, -0.1) is 16.8 Å². The van der Waals surface area contributed by atoms with Gasteiger partial charge in [-0.2, -0.15) is 0 Å². The molecule has 0 radical (unpaired) electrons. The summed E-state index contributed by atoms with van der Waals surface area (Å²) in [6.07, 6.45) is 8.24. The fourth-order valence-corrected chi connectivity index (χ4v) is 7.21. The van der Waals surface area contributed by atoms with Gasteiger partial charge in [-0.3, -0.25) is 4.79 Å². The first-order valence-electron chi connectivity index (χ1n) is 11.2. The molecule has 32 heavy (non-hydrogen) atoms. The van der Waals surface area contributed by atoms with E-state index in [0.717, 1.165) is 24.4 Å². The Morgan fingerprint density at radius 3 is 2.56 bits per heavy atom. The number of carbonyl (C=O) groups excluding carboxylic acids is 1. The van der Waals surface area contributed by atoms with Crippen LogP contribution >= 0.6 is 11.8 Å². The third-order valence-electron chi connectivity index (χ3n) is 6.23. The lowest BCUT2D eigenvalue weighted by Gasteiger charge is -2.28. The minimum absolute atomic E-state index is 0.0107. The highest BCUT2D eigenvalue weighted by Crippen LogP contribution is 2.33. The molecule has 1 aliphatic carbocycles. The molecule has 0 bridgehead atoms. The summed E-state index contributed by atoms with van der Waals surface area (Å²) >= 11 is 1.36. The van der Waals surface area contributed by atoms with Crippen molar-refractivity contribution >= 4 is 33.2 Å². The summed E-state index contributed by atoms with van der Waals surface area (Å²) in [5.74, 6) is 1.59. The van der Waals surface area contributed by atoms with E-state index in [1.54, 1.807) is 4.90 Å². The molecule has 2 aromatic rings. The van der Waals surface area contributed by atoms with Crippen LogP contribution in [0.4, 0.5) is 5.69 Å². The number of benzene rings is 1. The largest absolute Gasteiger partial charge is 0.308 e. The van der Waals surface area contributed by atoms with E-state index in [0.29, 0.717) is 24.0 Å². The van der Waals surface area contributed by atoms with Gasteiger partial charge < -0.3 is 9.47 Å². The van der Waals surface area contributed by atoms with Crippen molar-refractivity contribution in [3.8, 4) is 0 Å². The first-order valence-corrected chi connectivity index (χ1v) is 14.0. The number of thioether (sulfide) groups is 1. The molecule has 0 spiro atoms. The van der Waals surface area contributed by atoms with E-state index in [1.165, 1.54) is 31.0 Å². The number of hydrogen-bond acceptors (Lipinski definition) is 6. The lowest BCUT2D eigenvalue weighted by atomic mass is 9.89. The second kappa shape index (κ2) is 10.2. The molecule has 172 valence electrons. The van der Waals surface area contributed by atoms with Gasteiger partial charge in [0.2, 0.25) is 5.91 Å². The molecule has 2 aliphatic rings. The molecule has 1 atom stereocenters. The molecule has 1 saturated carbocycles. The number of amides is 1. The highest BCUT2D eigenvalue weighted by molar-refractivity contribution is 7.99. The molecule has 0 N–H and O–H groups in total. The molecule has 1 aromatic carbocycles. The summed E-state index contributed by atoms with van der Waals surface area (Å²) in [6.45, 7) is 4.48. The number of hydrogen-bond donors (Lipinski definition) is 0. The van der Waals surface area contributed by atoms with Gasteiger partial charge in [0.25, 0.3) is 0 Å². The fraction of sp³-hybridized carbons (Fsp3) is 0.522. The number of rotatable bonds is 8. The quantitative estimate of drug-likeness (QED) is 0.427. The lowest BCUT2D eigenvalue weighted by Crippen LogP contribution is -2.42. The van der Waals surface area contributed by atoms with Gasteiger partial charge in [-0.1, -0.05) is 55.3 Å². The topological polar surface area (TPSA) is 85.2 Å². The summed E-state index contributed by atoms with van der Waals surface area (Å²) in [6, 6.07) is 8.99. The standard InChI is InChI=1S/C23H30N4O3S2/c1-2-14-26-22(18-9-5-3-6-10-18)24-25-23(26)31-16-21(28)27(19-11-7-4-8-12-19)20-13-15-32(29,30)17-20/h2,4,7-8,11-12,18,20H,1,3,5-6,9-10,13-17H2/t20-/m1/s1. The molecule has 2 fully saturated rings. The maximum absolute atomic E-state index is 13.3. The van der Waals surface area contributed by atoms with E-state index in [2.05, 4.69) is 21.3 Å². The van der Waals surface area contributed by atoms with Crippen LogP contribution in [0.5, 0.6) is 0 Å². The molecule has 1 aliphatic heterocycles. The zero-order chi connectivity index (χ0) is 22.6. The monoisotopic (exact) mass is 474 g/mol. The Hall–Kier alpha value is -2.13. The van der Waals surface area contributed by atoms with Gasteiger partial charge in [0.15, 0.2) is 15.0 Å². The number of carbonyl (C=O) groups is 1. The molecule has 2 heterocycles. The van der Waals surface area contributed by atoms with Gasteiger partial charge >= 0.3 is 0 Å². The van der Waals surface area contributed by atoms with Crippen molar-refractivity contribution in [1.29, 1.82) is 0 Å². The van der Waals surface area contributed by atoms with E-state index in [1.807, 2.05) is 36.4 Å². The first kappa shape index (κ1) is 23.0. The van der Waals surface area contributed by atoms with Crippen molar-refractivity contribution in [3.05, 3.63) is 48.8 Å². The van der Waals surface area contributed by atoms with E-state index >= 15 is 0 Å². The molecule has 4 rings (SSSR count). The van der Waals surface area contributed by atoms with Gasteiger partial charge in [0.05, 0.1) is 23.3 Å². The van der Waals surface area contributed by atoms with Crippen LogP contribution < -0.4 is 4.90 Å². The Bertz CT molecular complexity index is 1050. The first-order chi connectivity index (χ1) is 15.5. The van der Waals surface area contributed by atoms with Crippen LogP contribution in [-0.2, 0) is 21.2 Å². The average molecular weight is 475 g/mol. The van der Waals surface area contributed by atoms with Crippen LogP contribution in [0.15, 0.2) is 48.1 Å². The minimum Gasteiger partial charge on any atom is -0.308 e. The summed E-state index contributed by atoms with van der Waals surface area (Å²) in [5.41, 5.74) is 0.732. The van der Waals surface area contributed by atoms with E-state index < -0.39 is 9.84 Å². The van der Waals surface area contributed by atoms with E-state index in [4.69, 9.17) is 0 Å². The molecule has 7 nitrogen and oxygen atoms in total. The highest BCUT2D eigenvalue weighted by atomic mass is 32.2. The Balaban J connectivity index is 1.52. The van der Waals surface area contributed by atoms with Crippen LogP contribution in [0.1, 0.15) is 50.3 Å². The Kier molecular flexibility index (Phi) is 7.35. The third-order valence-corrected chi connectivity index (χ3v) is 8.93. The smallest absolute Gasteiger partial charge is 0.237 e. The van der Waals surface area contributed by atoms with E-state index in [-0.39, 0.29) is 29.2 Å². The van der Waals surface area contributed by atoms with Crippen molar-refractivity contribution in [2.75, 3.05) is 22.2 Å². The number of sulfone groups is 1. The Labute approximate surface area is 194 Å². The summed E-state index contributed by atoms with van der Waals surface area (Å²) in [4.78, 5) is 15.0. The summed E-state index contributed by atoms with van der Waals surface area (Å²) in [5, 5.41) is 9.59. The average Bonchev–Trinajstić information content (AvgIpc) is 3.36. The molecule has 9 heteroatoms. The van der Waals surface area contributed by atoms with Crippen LogP contribution in [0.2, 0.25) is 0 Å². The SMILES string of the molecule is C=CCn1c(SCC(=O)N(c2ccccc2)[C@@H]2CCS(=O)(=O)C2)nnc1C1CCCCC1. The van der Waals surface area contributed by atoms with Gasteiger partial charge in [0, 0.05) is 18.2 Å². The molecule has 0 unspecified atom stereocenters. The van der Waals surface area contributed by atoms with Gasteiger partial charge in [0.1, 0.15) is 5.82 Å². The summed E-state index contributed by atoms with van der Waals surface area (Å²) in [7, 11) is -3.11. The van der Waals surface area contributed by atoms with Crippen LogP contribution in [0.25, 0.3) is 0 Å². The predicted molar refractivity (Wildman–Crippen MR) is 128 cm³/mol. The Morgan fingerprint density at radius 2 is 1.91 bits per heavy atom. The number of para-hydroxylation sites is 1. The maximum atomic E-state index is 13.3. The highest BCUT2D eigenvalue weighted by Gasteiger charge is 2.35. The van der Waals surface area contributed by atoms with Crippen molar-refractivity contribution in [3.63, 3.8) is 0 Å². The number of allylic oxidation sites excluding steroid dienone is 1. The fourth-order valence-electron chi connectivity index (χ4n) is 4.69. The van der Waals surface area contributed by atoms with Crippen LogP contribution in [0, 0.1) is 0 Å². The van der Waals surface area contributed by atoms with Crippen LogP contribution in [0.3, 0.4) is 0 Å². The second-order valence-electron chi connectivity index (χ2n) is 8.52. The molecular formula is C23H30N4O3S2. The van der Waals surface area contributed by atoms with E-state index in [9.17, 15) is 13.2 Å². The maximum Gasteiger partial charge on any atom is 0.237 e. The molecular weight excluding hydrogens is 444 g/mol. The molecule has 1 amide bonds. The Morgan fingerprint density at radius 1 is 1.16 bits per heavy atom. The normalized spacial score (nSPS) is 20.8. The summed E-state index contributed by atoms with van der Waals surface area (Å²) < 4.78 is 26.2. The predicted octanol–water partition coefficient (Wildman–Crippen LogP) is 3.82. The van der Waals surface area contributed by atoms with Gasteiger partial charge in [-0.05, 0) is 31.4 Å². The van der Waals surface area contributed by atoms with Crippen molar-refractivity contribution < 1.29 is 13.2 Å². The lowest BCUT2D eigenvalue weighted by molar-refractivity contribution is -0.116. The van der Waals surface area contributed by atoms with Crippen molar-refractivity contribution in [1.82, 2.24) is 14.8 Å². The minimum atomic E-state index is -3.11. The van der Waals surface area contributed by atoms with Gasteiger partial charge in [-0.25, -0.2) is 8.42 Å².